The first kappa shape index (κ1) is 45.6. The molecule has 1 aliphatic rings. The summed E-state index contributed by atoms with van der Waals surface area (Å²) in [6, 6.07) is 8.49. The topological polar surface area (TPSA) is 191 Å². The molecule has 0 spiro atoms. The third kappa shape index (κ3) is 11.8. The van der Waals surface area contributed by atoms with E-state index >= 15 is 0 Å². The number of carboxylic acids is 1. The Kier molecular flexibility index (Phi) is 20.1. The first-order valence-corrected chi connectivity index (χ1v) is 11.1. The van der Waals surface area contributed by atoms with Crippen LogP contribution in [0.5, 0.6) is 17.2 Å². The highest BCUT2D eigenvalue weighted by molar-refractivity contribution is 5.88. The van der Waals surface area contributed by atoms with Crippen molar-refractivity contribution in [3.05, 3.63) is 65.2 Å². The molecule has 1 saturated carbocycles. The van der Waals surface area contributed by atoms with Crippen LogP contribution in [0.4, 0.5) is 0 Å². The van der Waals surface area contributed by atoms with Crippen LogP contribution in [-0.2, 0) is 23.9 Å². The Morgan fingerprint density at radius 3 is 1.74 bits per heavy atom. The van der Waals surface area contributed by atoms with E-state index in [-0.39, 0.29) is 56.1 Å². The average molecular weight is 611 g/mol. The van der Waals surface area contributed by atoms with Crippen molar-refractivity contribution in [3.8, 4) is 17.2 Å². The van der Waals surface area contributed by atoms with Gasteiger partial charge in [0.15, 0.2) is 23.2 Å². The van der Waals surface area contributed by atoms with Crippen molar-refractivity contribution in [2.45, 2.75) is 88.2 Å². The molecular formula is C32H50O11. The van der Waals surface area contributed by atoms with E-state index in [1.165, 1.54) is 36.4 Å². The molecular weight excluding hydrogens is 560 g/mol. The van der Waals surface area contributed by atoms with Crippen molar-refractivity contribution in [2.75, 3.05) is 0 Å². The van der Waals surface area contributed by atoms with E-state index in [1.807, 2.05) is 0 Å². The van der Waals surface area contributed by atoms with Gasteiger partial charge in [0.1, 0.15) is 11.9 Å². The van der Waals surface area contributed by atoms with Crippen molar-refractivity contribution in [1.82, 2.24) is 0 Å². The Morgan fingerprint density at radius 2 is 1.26 bits per heavy atom. The van der Waals surface area contributed by atoms with Gasteiger partial charge in [-0.1, -0.05) is 62.8 Å². The SMILES string of the molecule is C.C.C.C.C.C.Cc1ccc(C=CC(=O)OC2C(O)CC(O)(C(=O)O)CC2OC(=O)C=Cc2ccc(O)c(O)c2)cc1O. The molecule has 0 bridgehead atoms. The molecule has 4 unspecified atom stereocenters. The maximum atomic E-state index is 12.4. The molecule has 2 aromatic rings. The summed E-state index contributed by atoms with van der Waals surface area (Å²) in [4.78, 5) is 36.4. The van der Waals surface area contributed by atoms with Gasteiger partial charge in [0.2, 0.25) is 0 Å². The van der Waals surface area contributed by atoms with Gasteiger partial charge in [0.05, 0.1) is 6.10 Å². The van der Waals surface area contributed by atoms with Crippen molar-refractivity contribution < 1.29 is 54.5 Å². The molecule has 1 fully saturated rings. The molecule has 6 N–H and O–H groups in total. The van der Waals surface area contributed by atoms with Crippen LogP contribution in [0.3, 0.4) is 0 Å². The number of rotatable bonds is 7. The fourth-order valence-corrected chi connectivity index (χ4v) is 3.74. The van der Waals surface area contributed by atoms with Gasteiger partial charge >= 0.3 is 17.9 Å². The second-order valence-electron chi connectivity index (χ2n) is 8.65. The number of aliphatic hydroxyl groups excluding tert-OH is 1. The minimum absolute atomic E-state index is 0. The summed E-state index contributed by atoms with van der Waals surface area (Å²) >= 11 is 0. The molecule has 11 heteroatoms. The maximum Gasteiger partial charge on any atom is 0.335 e. The van der Waals surface area contributed by atoms with Crippen molar-refractivity contribution in [1.29, 1.82) is 0 Å². The summed E-state index contributed by atoms with van der Waals surface area (Å²) in [5.41, 5.74) is -0.988. The summed E-state index contributed by atoms with van der Waals surface area (Å²) in [7, 11) is 0. The van der Waals surface area contributed by atoms with E-state index in [4.69, 9.17) is 9.47 Å². The number of aromatic hydroxyl groups is 3. The number of phenolic OH excluding ortho intramolecular Hbond substituents is 3. The molecule has 2 aromatic carbocycles. The van der Waals surface area contributed by atoms with Gasteiger partial charge in [0.25, 0.3) is 0 Å². The zero-order valence-corrected chi connectivity index (χ0v) is 19.6. The zero-order chi connectivity index (χ0) is 27.3. The number of aryl methyl sites for hydroxylation is 1. The lowest BCUT2D eigenvalue weighted by Gasteiger charge is -2.40. The molecule has 244 valence electrons. The summed E-state index contributed by atoms with van der Waals surface area (Å²) in [6.07, 6.45) is -1.47. The lowest BCUT2D eigenvalue weighted by Crippen LogP contribution is -2.58. The van der Waals surface area contributed by atoms with Gasteiger partial charge in [-0.2, -0.15) is 0 Å². The van der Waals surface area contributed by atoms with Gasteiger partial charge in [-0.25, -0.2) is 14.4 Å². The first-order chi connectivity index (χ1) is 17.4. The molecule has 0 aliphatic heterocycles. The number of hydrogen-bond acceptors (Lipinski definition) is 10. The number of aliphatic hydroxyl groups is 2. The van der Waals surface area contributed by atoms with Crippen molar-refractivity contribution in [3.63, 3.8) is 0 Å². The summed E-state index contributed by atoms with van der Waals surface area (Å²) < 4.78 is 10.5. The van der Waals surface area contributed by atoms with Gasteiger partial charge in [-0.05, 0) is 54.0 Å². The smallest absolute Gasteiger partial charge is 0.335 e. The Balaban J connectivity index is -0.00000127. The molecule has 0 amide bonds. The Morgan fingerprint density at radius 1 is 0.767 bits per heavy atom. The standard InChI is InChI=1S/C26H26O11.6CH4/c1-14-2-3-15(10-18(14)28)6-9-23(32)37-24-20(30)12-26(35,25(33)34)13-21(24)36-22(31)8-5-16-4-7-17(27)19(29)11-16;;;;;;/h2-11,20-21,24,27-30,35H,12-13H2,1H3,(H,33,34);6*1H4. The van der Waals surface area contributed by atoms with E-state index in [2.05, 4.69) is 0 Å². The fraction of sp³-hybridized carbons (Fsp3) is 0.406. The predicted octanol–water partition coefficient (Wildman–Crippen LogP) is 5.45. The van der Waals surface area contributed by atoms with E-state index in [9.17, 15) is 45.0 Å². The van der Waals surface area contributed by atoms with Gasteiger partial charge < -0.3 is 40.1 Å². The highest BCUT2D eigenvalue weighted by Crippen LogP contribution is 2.33. The Bertz CT molecular complexity index is 1250. The predicted molar refractivity (Wildman–Crippen MR) is 169 cm³/mol. The molecule has 11 nitrogen and oxygen atoms in total. The highest BCUT2D eigenvalue weighted by atomic mass is 16.6. The molecule has 43 heavy (non-hydrogen) atoms. The third-order valence-electron chi connectivity index (χ3n) is 5.81. The number of carbonyl (C=O) groups excluding carboxylic acids is 2. The number of carbonyl (C=O) groups is 3. The van der Waals surface area contributed by atoms with Crippen LogP contribution in [0.15, 0.2) is 48.6 Å². The second kappa shape index (κ2) is 19.0. The molecule has 4 atom stereocenters. The Labute approximate surface area is 255 Å². The number of ether oxygens (including phenoxy) is 2. The van der Waals surface area contributed by atoms with E-state index in [1.54, 1.807) is 19.1 Å². The normalized spacial score (nSPS) is 20.4. The van der Waals surface area contributed by atoms with E-state index < -0.39 is 60.4 Å². The Hall–Kier alpha value is -4.35. The monoisotopic (exact) mass is 610 g/mol. The van der Waals surface area contributed by atoms with Crippen LogP contribution in [0.1, 0.15) is 74.1 Å². The lowest BCUT2D eigenvalue weighted by molar-refractivity contribution is -0.204. The van der Waals surface area contributed by atoms with Crippen LogP contribution in [0.25, 0.3) is 12.2 Å². The summed E-state index contributed by atoms with van der Waals surface area (Å²) in [5.74, 6) is -4.35. The molecule has 3 rings (SSSR count). The molecule has 0 saturated heterocycles. The second-order valence-corrected chi connectivity index (χ2v) is 8.65. The van der Waals surface area contributed by atoms with Crippen molar-refractivity contribution in [2.24, 2.45) is 0 Å². The van der Waals surface area contributed by atoms with Crippen molar-refractivity contribution >= 4 is 30.1 Å². The third-order valence-corrected chi connectivity index (χ3v) is 5.81. The maximum absolute atomic E-state index is 12.4. The summed E-state index contributed by atoms with van der Waals surface area (Å²) in [5, 5.41) is 59.0. The summed E-state index contributed by atoms with van der Waals surface area (Å²) in [6.45, 7) is 1.70. The van der Waals surface area contributed by atoms with Gasteiger partial charge in [-0.3, -0.25) is 0 Å². The first-order valence-electron chi connectivity index (χ1n) is 11.1. The number of esters is 2. The largest absolute Gasteiger partial charge is 0.508 e. The van der Waals surface area contributed by atoms with Crippen LogP contribution >= 0.6 is 0 Å². The molecule has 0 radical (unpaired) electrons. The van der Waals surface area contributed by atoms with Crippen LogP contribution in [0.2, 0.25) is 0 Å². The molecule has 1 aliphatic carbocycles. The lowest BCUT2D eigenvalue weighted by atomic mass is 9.79. The quantitative estimate of drug-likeness (QED) is 0.133. The number of hydrogen-bond donors (Lipinski definition) is 6. The molecule has 0 aromatic heterocycles. The van der Waals surface area contributed by atoms with Crippen LogP contribution in [-0.4, -0.2) is 72.5 Å². The minimum atomic E-state index is -2.44. The average Bonchev–Trinajstić information content (AvgIpc) is 2.82. The number of phenols is 3. The molecule has 0 heterocycles. The van der Waals surface area contributed by atoms with E-state index in [0.29, 0.717) is 16.7 Å². The fourth-order valence-electron chi connectivity index (χ4n) is 3.74. The van der Waals surface area contributed by atoms with E-state index in [0.717, 1.165) is 12.2 Å². The number of carboxylic acid groups (broad SMARTS) is 1. The number of aliphatic carboxylic acids is 1. The van der Waals surface area contributed by atoms with Gasteiger partial charge in [0, 0.05) is 25.0 Å². The highest BCUT2D eigenvalue weighted by Gasteiger charge is 2.52. The number of benzene rings is 2. The minimum Gasteiger partial charge on any atom is -0.508 e. The van der Waals surface area contributed by atoms with Gasteiger partial charge in [-0.15, -0.1) is 0 Å². The van der Waals surface area contributed by atoms with Crippen LogP contribution < -0.4 is 0 Å². The zero-order valence-electron chi connectivity index (χ0n) is 19.6. The van der Waals surface area contributed by atoms with Crippen LogP contribution in [0, 0.1) is 6.92 Å².